The van der Waals surface area contributed by atoms with Gasteiger partial charge in [0.25, 0.3) is 0 Å². The van der Waals surface area contributed by atoms with Crippen LogP contribution in [0.25, 0.3) is 63.9 Å². The van der Waals surface area contributed by atoms with Gasteiger partial charge in [-0.15, -0.1) is 11.3 Å². The molecule has 146 valence electrons. The standard InChI is InChI=1S/C29H19NS/c1-30-25-11-6-10-21(29(25)24-15-18-7-2-3-8-19(18)16-26(24)30)20-13-14-23-22-9-4-5-12-27(22)31-28(23)17-20/h2-17H,1H3. The minimum absolute atomic E-state index is 1.28. The molecule has 0 spiro atoms. The highest BCUT2D eigenvalue weighted by atomic mass is 32.1. The predicted molar refractivity (Wildman–Crippen MR) is 136 cm³/mol. The third-order valence-electron chi connectivity index (χ3n) is 6.59. The van der Waals surface area contributed by atoms with Crippen molar-refractivity contribution in [2.24, 2.45) is 7.05 Å². The summed E-state index contributed by atoms with van der Waals surface area (Å²) in [6.07, 6.45) is 0. The van der Waals surface area contributed by atoms with Crippen molar-refractivity contribution in [3.05, 3.63) is 97.1 Å². The number of hydrogen-bond acceptors (Lipinski definition) is 1. The molecule has 2 heterocycles. The first-order valence-electron chi connectivity index (χ1n) is 10.6. The summed E-state index contributed by atoms with van der Waals surface area (Å²) in [7, 11) is 2.18. The molecule has 31 heavy (non-hydrogen) atoms. The first kappa shape index (κ1) is 17.1. The topological polar surface area (TPSA) is 4.93 Å². The zero-order chi connectivity index (χ0) is 20.5. The molecule has 2 aromatic heterocycles. The molecule has 7 aromatic rings. The van der Waals surface area contributed by atoms with Gasteiger partial charge in [0.05, 0.1) is 0 Å². The van der Waals surface area contributed by atoms with Gasteiger partial charge in [-0.1, -0.05) is 66.7 Å². The van der Waals surface area contributed by atoms with E-state index < -0.39 is 0 Å². The van der Waals surface area contributed by atoms with Crippen molar-refractivity contribution in [1.82, 2.24) is 4.57 Å². The Morgan fingerprint density at radius 3 is 2.26 bits per heavy atom. The van der Waals surface area contributed by atoms with Crippen LogP contribution in [0.5, 0.6) is 0 Å². The van der Waals surface area contributed by atoms with Crippen LogP contribution < -0.4 is 0 Å². The number of nitrogens with zero attached hydrogens (tertiary/aromatic N) is 1. The fraction of sp³-hybridized carbons (Fsp3) is 0.0345. The molecule has 5 aromatic carbocycles. The summed E-state index contributed by atoms with van der Waals surface area (Å²) < 4.78 is 5.03. The molecule has 0 aliphatic carbocycles. The van der Waals surface area contributed by atoms with Gasteiger partial charge in [-0.25, -0.2) is 0 Å². The van der Waals surface area contributed by atoms with E-state index in [4.69, 9.17) is 0 Å². The number of aryl methyl sites for hydroxylation is 1. The van der Waals surface area contributed by atoms with Crippen molar-refractivity contribution in [3.63, 3.8) is 0 Å². The summed E-state index contributed by atoms with van der Waals surface area (Å²) in [4.78, 5) is 0. The Hall–Kier alpha value is -3.62. The zero-order valence-electron chi connectivity index (χ0n) is 17.1. The Labute approximate surface area is 183 Å². The van der Waals surface area contributed by atoms with Crippen molar-refractivity contribution >= 4 is 64.1 Å². The third kappa shape index (κ3) is 2.37. The summed E-state index contributed by atoms with van der Waals surface area (Å²) in [6, 6.07) is 35.7. The lowest BCUT2D eigenvalue weighted by Gasteiger charge is -2.06. The molecule has 0 fully saturated rings. The maximum Gasteiger partial charge on any atom is 0.0495 e. The summed E-state index contributed by atoms with van der Waals surface area (Å²) in [5, 5.41) is 7.94. The molecule has 0 N–H and O–H groups in total. The Morgan fingerprint density at radius 2 is 1.35 bits per heavy atom. The van der Waals surface area contributed by atoms with Crippen LogP contribution in [0.2, 0.25) is 0 Å². The summed E-state index contributed by atoms with van der Waals surface area (Å²) in [6.45, 7) is 0. The number of thiophene rings is 1. The molecule has 0 unspecified atom stereocenters. The lowest BCUT2D eigenvalue weighted by Crippen LogP contribution is -1.86. The Bertz CT molecular complexity index is 1800. The largest absolute Gasteiger partial charge is 0.344 e. The van der Waals surface area contributed by atoms with Crippen molar-refractivity contribution in [2.45, 2.75) is 0 Å². The van der Waals surface area contributed by atoms with Crippen LogP contribution in [0.4, 0.5) is 0 Å². The quantitative estimate of drug-likeness (QED) is 0.254. The summed E-state index contributed by atoms with van der Waals surface area (Å²) in [5.74, 6) is 0. The maximum absolute atomic E-state index is 2.37. The average Bonchev–Trinajstić information content (AvgIpc) is 3.32. The molecule has 0 aliphatic rings. The lowest BCUT2D eigenvalue weighted by atomic mass is 9.97. The Kier molecular flexibility index (Phi) is 3.42. The number of fused-ring (bicyclic) bond motifs is 7. The van der Waals surface area contributed by atoms with Gasteiger partial charge in [0, 0.05) is 49.0 Å². The van der Waals surface area contributed by atoms with E-state index in [1.807, 2.05) is 11.3 Å². The minimum Gasteiger partial charge on any atom is -0.344 e. The number of hydrogen-bond donors (Lipinski definition) is 0. The van der Waals surface area contributed by atoms with E-state index in [1.165, 1.54) is 63.9 Å². The highest BCUT2D eigenvalue weighted by Gasteiger charge is 2.15. The molecular formula is C29H19NS. The van der Waals surface area contributed by atoms with Crippen LogP contribution in [-0.2, 0) is 7.05 Å². The molecule has 0 atom stereocenters. The second kappa shape index (κ2) is 6.19. The predicted octanol–water partition coefficient (Wildman–Crippen LogP) is 8.52. The lowest BCUT2D eigenvalue weighted by molar-refractivity contribution is 1.02. The van der Waals surface area contributed by atoms with Gasteiger partial charge >= 0.3 is 0 Å². The first-order valence-corrected chi connectivity index (χ1v) is 11.4. The average molecular weight is 414 g/mol. The van der Waals surface area contributed by atoms with Crippen molar-refractivity contribution in [1.29, 1.82) is 0 Å². The molecule has 0 amide bonds. The number of rotatable bonds is 1. The van der Waals surface area contributed by atoms with Gasteiger partial charge in [-0.2, -0.15) is 0 Å². The van der Waals surface area contributed by atoms with Crippen LogP contribution in [-0.4, -0.2) is 4.57 Å². The molecule has 0 saturated carbocycles. The van der Waals surface area contributed by atoms with Gasteiger partial charge < -0.3 is 4.57 Å². The van der Waals surface area contributed by atoms with E-state index in [0.717, 1.165) is 0 Å². The van der Waals surface area contributed by atoms with Gasteiger partial charge in [-0.3, -0.25) is 0 Å². The highest BCUT2D eigenvalue weighted by molar-refractivity contribution is 7.25. The SMILES string of the molecule is Cn1c2cc3ccccc3cc2c2c(-c3ccc4c(c3)sc3ccccc34)cccc21. The fourth-order valence-corrected chi connectivity index (χ4v) is 6.22. The summed E-state index contributed by atoms with van der Waals surface area (Å²) in [5.41, 5.74) is 5.14. The van der Waals surface area contributed by atoms with Gasteiger partial charge in [0.15, 0.2) is 0 Å². The molecular weight excluding hydrogens is 394 g/mol. The van der Waals surface area contributed by atoms with E-state index >= 15 is 0 Å². The van der Waals surface area contributed by atoms with Crippen LogP contribution in [0, 0.1) is 0 Å². The molecule has 2 heteroatoms. The fourth-order valence-electron chi connectivity index (χ4n) is 5.07. The smallest absolute Gasteiger partial charge is 0.0495 e. The Morgan fingerprint density at radius 1 is 0.581 bits per heavy atom. The molecule has 0 aliphatic heterocycles. The number of benzene rings is 5. The van der Waals surface area contributed by atoms with E-state index in [-0.39, 0.29) is 0 Å². The van der Waals surface area contributed by atoms with Crippen LogP contribution in [0.1, 0.15) is 0 Å². The van der Waals surface area contributed by atoms with Crippen molar-refractivity contribution in [3.8, 4) is 11.1 Å². The van der Waals surface area contributed by atoms with E-state index in [9.17, 15) is 0 Å². The molecule has 0 radical (unpaired) electrons. The van der Waals surface area contributed by atoms with E-state index in [0.29, 0.717) is 0 Å². The van der Waals surface area contributed by atoms with Crippen LogP contribution >= 0.6 is 11.3 Å². The monoisotopic (exact) mass is 413 g/mol. The second-order valence-electron chi connectivity index (χ2n) is 8.28. The molecule has 7 rings (SSSR count). The normalized spacial score (nSPS) is 12.0. The molecule has 0 bridgehead atoms. The zero-order valence-corrected chi connectivity index (χ0v) is 17.9. The van der Waals surface area contributed by atoms with Crippen molar-refractivity contribution in [2.75, 3.05) is 0 Å². The van der Waals surface area contributed by atoms with Gasteiger partial charge in [0.2, 0.25) is 0 Å². The van der Waals surface area contributed by atoms with Gasteiger partial charge in [0.1, 0.15) is 0 Å². The Balaban J connectivity index is 1.57. The minimum atomic E-state index is 1.28. The van der Waals surface area contributed by atoms with Crippen LogP contribution in [0.3, 0.4) is 0 Å². The van der Waals surface area contributed by atoms with Gasteiger partial charge in [-0.05, 0) is 52.2 Å². The third-order valence-corrected chi connectivity index (χ3v) is 7.72. The number of aromatic nitrogens is 1. The maximum atomic E-state index is 2.37. The summed E-state index contributed by atoms with van der Waals surface area (Å²) >= 11 is 1.88. The highest BCUT2D eigenvalue weighted by Crippen LogP contribution is 2.41. The van der Waals surface area contributed by atoms with Crippen LogP contribution in [0.15, 0.2) is 97.1 Å². The molecule has 0 saturated heterocycles. The van der Waals surface area contributed by atoms with E-state index in [2.05, 4.69) is 109 Å². The molecule has 1 nitrogen and oxygen atoms in total. The second-order valence-corrected chi connectivity index (χ2v) is 9.37. The van der Waals surface area contributed by atoms with E-state index in [1.54, 1.807) is 0 Å². The first-order chi connectivity index (χ1) is 15.3. The van der Waals surface area contributed by atoms with Crippen molar-refractivity contribution < 1.29 is 0 Å².